The zero-order valence-electron chi connectivity index (χ0n) is 28.2. The molecule has 0 unspecified atom stereocenters. The van der Waals surface area contributed by atoms with E-state index in [-0.39, 0.29) is 5.75 Å². The molecule has 8 aromatic rings. The minimum Gasteiger partial charge on any atom is -0.508 e. The molecule has 0 aliphatic heterocycles. The van der Waals surface area contributed by atoms with E-state index in [2.05, 4.69) is 168 Å². The summed E-state index contributed by atoms with van der Waals surface area (Å²) in [7, 11) is 1.70. The highest BCUT2D eigenvalue weighted by atomic mass is 16.5. The van der Waals surface area contributed by atoms with Gasteiger partial charge in [0, 0.05) is 34.1 Å². The van der Waals surface area contributed by atoms with Gasteiger partial charge in [0.1, 0.15) is 11.5 Å². The molecule has 0 heterocycles. The van der Waals surface area contributed by atoms with Gasteiger partial charge in [-0.15, -0.1) is 0 Å². The van der Waals surface area contributed by atoms with Gasteiger partial charge in [-0.2, -0.15) is 0 Å². The quantitative estimate of drug-likeness (QED) is 0.156. The Bertz CT molecular complexity index is 2460. The van der Waals surface area contributed by atoms with Crippen LogP contribution in [0.2, 0.25) is 0 Å². The molecule has 0 saturated carbocycles. The van der Waals surface area contributed by atoms with Gasteiger partial charge in [-0.1, -0.05) is 97.1 Å². The standard InChI is InChI=1S/C47H36N2O2/c1-51-47-29-21-37-31-45(27-19-39(37)33-47)49(41-10-6-3-7-11-41)43-24-16-35(17-25-43)13-12-34-14-22-42(23-15-34)48(40-8-4-2-5-9-40)44-26-18-38-32-46(50)28-20-36(38)30-44/h2-33,50H,1H3/b13-12+. The maximum absolute atomic E-state index is 9.95. The molecular weight excluding hydrogens is 625 g/mol. The molecule has 0 aliphatic rings. The molecule has 4 nitrogen and oxygen atoms in total. The summed E-state index contributed by atoms with van der Waals surface area (Å²) in [5.74, 6) is 1.12. The summed E-state index contributed by atoms with van der Waals surface area (Å²) in [4.78, 5) is 4.54. The fourth-order valence-electron chi connectivity index (χ4n) is 6.55. The van der Waals surface area contributed by atoms with Crippen LogP contribution in [0.3, 0.4) is 0 Å². The van der Waals surface area contributed by atoms with E-state index >= 15 is 0 Å². The molecular formula is C47H36N2O2. The molecule has 0 aliphatic carbocycles. The minimum absolute atomic E-state index is 0.270. The zero-order valence-corrected chi connectivity index (χ0v) is 28.2. The van der Waals surface area contributed by atoms with Gasteiger partial charge < -0.3 is 19.6 Å². The van der Waals surface area contributed by atoms with E-state index in [1.165, 1.54) is 0 Å². The molecule has 8 rings (SSSR count). The average Bonchev–Trinajstić information content (AvgIpc) is 3.19. The topological polar surface area (TPSA) is 35.9 Å². The van der Waals surface area contributed by atoms with Crippen molar-refractivity contribution in [1.82, 2.24) is 0 Å². The Kier molecular flexibility index (Phi) is 8.63. The van der Waals surface area contributed by atoms with Gasteiger partial charge in [0.2, 0.25) is 0 Å². The number of hydrogen-bond acceptors (Lipinski definition) is 4. The van der Waals surface area contributed by atoms with Crippen LogP contribution >= 0.6 is 0 Å². The Labute approximate surface area is 298 Å². The van der Waals surface area contributed by atoms with Crippen LogP contribution in [0.1, 0.15) is 11.1 Å². The smallest absolute Gasteiger partial charge is 0.119 e. The van der Waals surface area contributed by atoms with Crippen molar-refractivity contribution in [2.45, 2.75) is 0 Å². The van der Waals surface area contributed by atoms with Crippen LogP contribution in [0.5, 0.6) is 11.5 Å². The first-order chi connectivity index (χ1) is 25.1. The second kappa shape index (κ2) is 14.0. The monoisotopic (exact) mass is 660 g/mol. The molecule has 4 heteroatoms. The normalized spacial score (nSPS) is 11.2. The molecule has 0 spiro atoms. The van der Waals surface area contributed by atoms with Crippen LogP contribution in [0.15, 0.2) is 182 Å². The Hall–Kier alpha value is -6.78. The van der Waals surface area contributed by atoms with E-state index in [0.717, 1.165) is 72.5 Å². The predicted octanol–water partition coefficient (Wildman–Crippen LogP) is 12.8. The zero-order chi connectivity index (χ0) is 34.6. The first-order valence-electron chi connectivity index (χ1n) is 17.0. The predicted molar refractivity (Wildman–Crippen MR) is 214 cm³/mol. The molecule has 0 fully saturated rings. The molecule has 0 amide bonds. The number of para-hydroxylation sites is 2. The summed E-state index contributed by atoms with van der Waals surface area (Å²) < 4.78 is 5.44. The van der Waals surface area contributed by atoms with Gasteiger partial charge in [0.25, 0.3) is 0 Å². The van der Waals surface area contributed by atoms with Gasteiger partial charge in [-0.05, 0) is 130 Å². The number of ether oxygens (including phenoxy) is 1. The molecule has 0 aromatic heterocycles. The number of methoxy groups -OCH3 is 1. The lowest BCUT2D eigenvalue weighted by Crippen LogP contribution is -2.09. The molecule has 0 radical (unpaired) electrons. The minimum atomic E-state index is 0.270. The summed E-state index contributed by atoms with van der Waals surface area (Å²) >= 11 is 0. The van der Waals surface area contributed by atoms with Crippen molar-refractivity contribution >= 4 is 67.8 Å². The van der Waals surface area contributed by atoms with Gasteiger partial charge in [-0.25, -0.2) is 0 Å². The van der Waals surface area contributed by atoms with E-state index in [9.17, 15) is 5.11 Å². The van der Waals surface area contributed by atoms with Crippen LogP contribution < -0.4 is 14.5 Å². The number of anilines is 6. The van der Waals surface area contributed by atoms with Crippen LogP contribution in [-0.4, -0.2) is 12.2 Å². The fraction of sp³-hybridized carbons (Fsp3) is 0.0213. The van der Waals surface area contributed by atoms with E-state index < -0.39 is 0 Å². The van der Waals surface area contributed by atoms with Crippen molar-refractivity contribution in [2.75, 3.05) is 16.9 Å². The third-order valence-electron chi connectivity index (χ3n) is 9.15. The highest BCUT2D eigenvalue weighted by molar-refractivity contribution is 5.91. The van der Waals surface area contributed by atoms with Crippen LogP contribution in [0, 0.1) is 0 Å². The fourth-order valence-corrected chi connectivity index (χ4v) is 6.55. The second-order valence-corrected chi connectivity index (χ2v) is 12.5. The average molecular weight is 661 g/mol. The van der Waals surface area contributed by atoms with Crippen LogP contribution in [0.25, 0.3) is 33.7 Å². The maximum atomic E-state index is 9.95. The van der Waals surface area contributed by atoms with Crippen molar-refractivity contribution in [3.63, 3.8) is 0 Å². The van der Waals surface area contributed by atoms with E-state index in [4.69, 9.17) is 4.74 Å². The molecule has 51 heavy (non-hydrogen) atoms. The third kappa shape index (κ3) is 6.76. The lowest BCUT2D eigenvalue weighted by atomic mass is 10.1. The van der Waals surface area contributed by atoms with E-state index in [1.807, 2.05) is 24.3 Å². The van der Waals surface area contributed by atoms with Crippen molar-refractivity contribution in [2.24, 2.45) is 0 Å². The number of phenols is 1. The first-order valence-corrected chi connectivity index (χ1v) is 17.0. The van der Waals surface area contributed by atoms with Crippen molar-refractivity contribution in [3.8, 4) is 11.5 Å². The summed E-state index contributed by atoms with van der Waals surface area (Å²) in [6.07, 6.45) is 4.31. The lowest BCUT2D eigenvalue weighted by molar-refractivity contribution is 0.415. The van der Waals surface area contributed by atoms with Crippen molar-refractivity contribution < 1.29 is 9.84 Å². The summed E-state index contributed by atoms with van der Waals surface area (Å²) in [5.41, 5.74) is 8.70. The van der Waals surface area contributed by atoms with Crippen LogP contribution in [-0.2, 0) is 0 Å². The molecule has 246 valence electrons. The Balaban J connectivity index is 1.05. The summed E-state index contributed by atoms with van der Waals surface area (Å²) in [6, 6.07) is 62.7. The molecule has 0 saturated heterocycles. The highest BCUT2D eigenvalue weighted by Gasteiger charge is 2.14. The molecule has 1 N–H and O–H groups in total. The van der Waals surface area contributed by atoms with Gasteiger partial charge in [0.05, 0.1) is 7.11 Å². The summed E-state index contributed by atoms with van der Waals surface area (Å²) in [5, 5.41) is 14.3. The number of rotatable bonds is 9. The number of nitrogens with zero attached hydrogens (tertiary/aromatic N) is 2. The van der Waals surface area contributed by atoms with Gasteiger partial charge in [-0.3, -0.25) is 0 Å². The van der Waals surface area contributed by atoms with E-state index in [1.54, 1.807) is 19.2 Å². The molecule has 8 aromatic carbocycles. The molecule has 0 bridgehead atoms. The lowest BCUT2D eigenvalue weighted by Gasteiger charge is -2.26. The Morgan fingerprint density at radius 2 is 0.784 bits per heavy atom. The first kappa shape index (κ1) is 31.5. The number of fused-ring (bicyclic) bond motifs is 2. The van der Waals surface area contributed by atoms with Gasteiger partial charge >= 0.3 is 0 Å². The van der Waals surface area contributed by atoms with Crippen LogP contribution in [0.4, 0.5) is 34.1 Å². The molecule has 0 atom stereocenters. The largest absolute Gasteiger partial charge is 0.508 e. The van der Waals surface area contributed by atoms with Crippen molar-refractivity contribution in [3.05, 3.63) is 193 Å². The third-order valence-corrected chi connectivity index (χ3v) is 9.15. The second-order valence-electron chi connectivity index (χ2n) is 12.5. The van der Waals surface area contributed by atoms with Gasteiger partial charge in [0.15, 0.2) is 0 Å². The number of aromatic hydroxyl groups is 1. The highest BCUT2D eigenvalue weighted by Crippen LogP contribution is 2.38. The Morgan fingerprint density at radius 3 is 1.27 bits per heavy atom. The van der Waals surface area contributed by atoms with Crippen molar-refractivity contribution in [1.29, 1.82) is 0 Å². The number of benzene rings is 8. The van der Waals surface area contributed by atoms with E-state index in [0.29, 0.717) is 0 Å². The SMILES string of the molecule is COc1ccc2cc(N(c3ccccc3)c3ccc(/C=C/c4ccc(N(c5ccccc5)c5ccc6cc(O)ccc6c5)cc4)cc3)ccc2c1. The Morgan fingerprint density at radius 1 is 0.392 bits per heavy atom. The number of phenolic OH excluding ortho intramolecular Hbond substituents is 1. The number of hydrogen-bond donors (Lipinski definition) is 1. The maximum Gasteiger partial charge on any atom is 0.119 e. The summed E-state index contributed by atoms with van der Waals surface area (Å²) in [6.45, 7) is 0.